The zero-order chi connectivity index (χ0) is 5.98. The molecule has 0 amide bonds. The van der Waals surface area contributed by atoms with Crippen molar-refractivity contribution in [3.8, 4) is 0 Å². The summed E-state index contributed by atoms with van der Waals surface area (Å²) in [6.45, 7) is 2.25. The SMILES string of the molecule is C[C@H]1CCCCC1Cl. The van der Waals surface area contributed by atoms with Gasteiger partial charge in [-0.2, -0.15) is 0 Å². The Bertz CT molecular complexity index is 60.8. The van der Waals surface area contributed by atoms with Gasteiger partial charge in [-0.25, -0.2) is 0 Å². The predicted octanol–water partition coefficient (Wildman–Crippen LogP) is 2.80. The molecule has 0 aromatic heterocycles. The molecule has 1 aliphatic rings. The highest BCUT2D eigenvalue weighted by atomic mass is 35.5. The molecule has 2 atom stereocenters. The Kier molecular flexibility index (Phi) is 2.18. The number of rotatable bonds is 0. The molecule has 1 aliphatic carbocycles. The molecule has 0 N–H and O–H groups in total. The van der Waals surface area contributed by atoms with E-state index in [1.807, 2.05) is 0 Å². The summed E-state index contributed by atoms with van der Waals surface area (Å²) in [6, 6.07) is 0. The molecule has 0 spiro atoms. The maximum absolute atomic E-state index is 5.97. The van der Waals surface area contributed by atoms with E-state index in [9.17, 15) is 0 Å². The van der Waals surface area contributed by atoms with Crippen molar-refractivity contribution < 1.29 is 0 Å². The van der Waals surface area contributed by atoms with Crippen LogP contribution in [0.3, 0.4) is 0 Å². The maximum atomic E-state index is 5.97. The molecule has 0 saturated heterocycles. The van der Waals surface area contributed by atoms with Crippen molar-refractivity contribution >= 4 is 11.6 Å². The largest absolute Gasteiger partial charge is 0.123 e. The summed E-state index contributed by atoms with van der Waals surface area (Å²) < 4.78 is 0. The molecule has 1 unspecified atom stereocenters. The van der Waals surface area contributed by atoms with Crippen LogP contribution in [0.2, 0.25) is 0 Å². The van der Waals surface area contributed by atoms with Crippen molar-refractivity contribution in [2.45, 2.75) is 38.0 Å². The molecule has 0 heterocycles. The third-order valence-corrected chi connectivity index (χ3v) is 2.66. The lowest BCUT2D eigenvalue weighted by molar-refractivity contribution is 0.392. The van der Waals surface area contributed by atoms with E-state index in [0.717, 1.165) is 5.92 Å². The van der Waals surface area contributed by atoms with Gasteiger partial charge in [0.05, 0.1) is 0 Å². The lowest BCUT2D eigenvalue weighted by Gasteiger charge is -2.22. The van der Waals surface area contributed by atoms with E-state index >= 15 is 0 Å². The second-order valence-corrected chi connectivity index (χ2v) is 3.34. The third kappa shape index (κ3) is 1.38. The average molecular weight is 133 g/mol. The second-order valence-electron chi connectivity index (χ2n) is 2.78. The first-order valence-electron chi connectivity index (χ1n) is 3.45. The van der Waals surface area contributed by atoms with E-state index in [1.54, 1.807) is 0 Å². The van der Waals surface area contributed by atoms with Gasteiger partial charge in [0.25, 0.3) is 0 Å². The van der Waals surface area contributed by atoms with E-state index in [2.05, 4.69) is 6.92 Å². The van der Waals surface area contributed by atoms with Crippen LogP contribution < -0.4 is 0 Å². The van der Waals surface area contributed by atoms with Gasteiger partial charge in [-0.3, -0.25) is 0 Å². The van der Waals surface area contributed by atoms with Crippen molar-refractivity contribution in [3.63, 3.8) is 0 Å². The number of hydrogen-bond acceptors (Lipinski definition) is 0. The fraction of sp³-hybridized carbons (Fsp3) is 1.00. The molecule has 0 radical (unpaired) electrons. The van der Waals surface area contributed by atoms with Gasteiger partial charge in [0.1, 0.15) is 0 Å². The molecule has 48 valence electrons. The number of alkyl halides is 1. The summed E-state index contributed by atoms with van der Waals surface area (Å²) >= 11 is 5.97. The Labute approximate surface area is 56.2 Å². The first kappa shape index (κ1) is 6.41. The van der Waals surface area contributed by atoms with Crippen molar-refractivity contribution in [1.29, 1.82) is 0 Å². The van der Waals surface area contributed by atoms with Crippen molar-refractivity contribution in [2.24, 2.45) is 5.92 Å². The molecule has 0 bridgehead atoms. The van der Waals surface area contributed by atoms with Crippen LogP contribution in [0, 0.1) is 5.92 Å². The van der Waals surface area contributed by atoms with Gasteiger partial charge in [-0.1, -0.05) is 19.8 Å². The van der Waals surface area contributed by atoms with Gasteiger partial charge in [-0.05, 0) is 18.8 Å². The van der Waals surface area contributed by atoms with Gasteiger partial charge >= 0.3 is 0 Å². The Balaban J connectivity index is 2.28. The predicted molar refractivity (Wildman–Crippen MR) is 37.3 cm³/mol. The Morgan fingerprint density at radius 1 is 1.25 bits per heavy atom. The minimum Gasteiger partial charge on any atom is -0.123 e. The molecule has 1 rings (SSSR count). The summed E-state index contributed by atoms with van der Waals surface area (Å²) in [5, 5.41) is 0.476. The number of halogens is 1. The first-order chi connectivity index (χ1) is 3.80. The van der Waals surface area contributed by atoms with Crippen LogP contribution in [-0.2, 0) is 0 Å². The highest BCUT2D eigenvalue weighted by Gasteiger charge is 2.17. The topological polar surface area (TPSA) is 0 Å². The molecule has 0 aliphatic heterocycles. The van der Waals surface area contributed by atoms with Crippen LogP contribution >= 0.6 is 11.6 Å². The summed E-state index contributed by atoms with van der Waals surface area (Å²) in [5.41, 5.74) is 0. The van der Waals surface area contributed by atoms with Gasteiger partial charge < -0.3 is 0 Å². The molecule has 1 heteroatoms. The second kappa shape index (κ2) is 2.72. The van der Waals surface area contributed by atoms with Gasteiger partial charge in [0, 0.05) is 5.38 Å². The van der Waals surface area contributed by atoms with Gasteiger partial charge in [0.15, 0.2) is 0 Å². The summed E-state index contributed by atoms with van der Waals surface area (Å²) in [7, 11) is 0. The molecule has 0 nitrogen and oxygen atoms in total. The van der Waals surface area contributed by atoms with Crippen molar-refractivity contribution in [2.75, 3.05) is 0 Å². The zero-order valence-electron chi connectivity index (χ0n) is 5.36. The highest BCUT2D eigenvalue weighted by Crippen LogP contribution is 2.27. The monoisotopic (exact) mass is 132 g/mol. The Morgan fingerprint density at radius 3 is 2.25 bits per heavy atom. The van der Waals surface area contributed by atoms with Crippen molar-refractivity contribution in [3.05, 3.63) is 0 Å². The molecule has 0 aromatic rings. The summed E-state index contributed by atoms with van der Waals surface area (Å²) in [6.07, 6.45) is 5.32. The van der Waals surface area contributed by atoms with Crippen LogP contribution in [0.25, 0.3) is 0 Å². The van der Waals surface area contributed by atoms with E-state index in [0.29, 0.717) is 5.38 Å². The van der Waals surface area contributed by atoms with E-state index in [-0.39, 0.29) is 0 Å². The quantitative estimate of drug-likeness (QED) is 0.445. The van der Waals surface area contributed by atoms with Crippen LogP contribution in [-0.4, -0.2) is 5.38 Å². The fourth-order valence-corrected chi connectivity index (χ4v) is 1.55. The van der Waals surface area contributed by atoms with Crippen LogP contribution in [0.1, 0.15) is 32.6 Å². The minimum absolute atomic E-state index is 0.476. The molecule has 1 saturated carbocycles. The van der Waals surface area contributed by atoms with Gasteiger partial charge in [-0.15, -0.1) is 11.6 Å². The maximum Gasteiger partial charge on any atom is 0.0361 e. The molecular weight excluding hydrogens is 120 g/mol. The molecule has 8 heavy (non-hydrogen) atoms. The van der Waals surface area contributed by atoms with E-state index < -0.39 is 0 Å². The highest BCUT2D eigenvalue weighted by molar-refractivity contribution is 6.20. The summed E-state index contributed by atoms with van der Waals surface area (Å²) in [4.78, 5) is 0. The minimum atomic E-state index is 0.476. The van der Waals surface area contributed by atoms with Crippen LogP contribution in [0.5, 0.6) is 0 Å². The summed E-state index contributed by atoms with van der Waals surface area (Å²) in [5.74, 6) is 0.769. The van der Waals surface area contributed by atoms with E-state index in [1.165, 1.54) is 25.7 Å². The molecule has 0 aromatic carbocycles. The normalized spacial score (nSPS) is 39.8. The molecule has 1 fully saturated rings. The fourth-order valence-electron chi connectivity index (χ4n) is 1.27. The van der Waals surface area contributed by atoms with E-state index in [4.69, 9.17) is 11.6 Å². The van der Waals surface area contributed by atoms with Gasteiger partial charge in [0.2, 0.25) is 0 Å². The number of hydrogen-bond donors (Lipinski definition) is 0. The van der Waals surface area contributed by atoms with Crippen LogP contribution in [0.15, 0.2) is 0 Å². The Hall–Kier alpha value is 0.290. The first-order valence-corrected chi connectivity index (χ1v) is 3.88. The van der Waals surface area contributed by atoms with Crippen molar-refractivity contribution in [1.82, 2.24) is 0 Å². The third-order valence-electron chi connectivity index (χ3n) is 2.01. The average Bonchev–Trinajstić information content (AvgIpc) is 1.77. The zero-order valence-corrected chi connectivity index (χ0v) is 6.12. The van der Waals surface area contributed by atoms with Crippen LogP contribution in [0.4, 0.5) is 0 Å². The Morgan fingerprint density at radius 2 is 1.88 bits per heavy atom. The standard InChI is InChI=1S/C7H13Cl/c1-6-4-2-3-5-7(6)8/h6-7H,2-5H2,1H3/t6-,7?/m0/s1. The molecular formula is C7H13Cl. The lowest BCUT2D eigenvalue weighted by Crippen LogP contribution is -2.15. The lowest BCUT2D eigenvalue weighted by atomic mass is 9.90. The smallest absolute Gasteiger partial charge is 0.0361 e.